The Kier molecular flexibility index (Phi) is 6.67. The highest BCUT2D eigenvalue weighted by molar-refractivity contribution is 9.10. The third-order valence-corrected chi connectivity index (χ3v) is 3.84. The van der Waals surface area contributed by atoms with Crippen molar-refractivity contribution in [3.05, 3.63) is 52.0 Å². The highest BCUT2D eigenvalue weighted by Crippen LogP contribution is 2.27. The molecule has 0 unspecified atom stereocenters. The zero-order valence-corrected chi connectivity index (χ0v) is 15.8. The van der Waals surface area contributed by atoms with E-state index in [1.165, 1.54) is 0 Å². The van der Waals surface area contributed by atoms with Crippen LogP contribution in [0.2, 0.25) is 0 Å². The van der Waals surface area contributed by atoms with Gasteiger partial charge in [0.2, 0.25) is 0 Å². The highest BCUT2D eigenvalue weighted by Gasteiger charge is 2.09. The number of nitrogens with one attached hydrogen (secondary N) is 1. The Morgan fingerprint density at radius 3 is 2.29 bits per heavy atom. The number of carbonyl (C=O) groups is 1. The van der Waals surface area contributed by atoms with Gasteiger partial charge in [0.1, 0.15) is 11.5 Å². The van der Waals surface area contributed by atoms with Crippen molar-refractivity contribution < 1.29 is 14.3 Å². The molecule has 1 N–H and O–H groups in total. The van der Waals surface area contributed by atoms with Gasteiger partial charge in [-0.05, 0) is 67.8 Å². The van der Waals surface area contributed by atoms with E-state index in [0.29, 0.717) is 6.61 Å². The second kappa shape index (κ2) is 8.73. The number of carbonyl (C=O) groups excluding carboxylic acids is 1. The maximum absolute atomic E-state index is 12.1. The van der Waals surface area contributed by atoms with Gasteiger partial charge >= 0.3 is 0 Å². The zero-order chi connectivity index (χ0) is 17.5. The molecule has 2 rings (SSSR count). The van der Waals surface area contributed by atoms with E-state index in [0.717, 1.165) is 39.2 Å². The minimum absolute atomic E-state index is 0.0304. The largest absolute Gasteiger partial charge is 0.494 e. The smallest absolute Gasteiger partial charge is 0.262 e. The SMILES string of the molecule is CCCOc1ccc(NC(=O)COc2c(C)cc(Br)cc2C)cc1. The lowest BCUT2D eigenvalue weighted by atomic mass is 10.1. The molecule has 2 aromatic rings. The fourth-order valence-electron chi connectivity index (χ4n) is 2.31. The molecule has 0 bridgehead atoms. The van der Waals surface area contributed by atoms with Crippen LogP contribution in [0, 0.1) is 13.8 Å². The number of ether oxygens (including phenoxy) is 2. The Hall–Kier alpha value is -2.01. The van der Waals surface area contributed by atoms with Crippen molar-refractivity contribution in [3.8, 4) is 11.5 Å². The summed E-state index contributed by atoms with van der Waals surface area (Å²) in [6, 6.07) is 11.3. The third-order valence-electron chi connectivity index (χ3n) is 3.38. The monoisotopic (exact) mass is 391 g/mol. The van der Waals surface area contributed by atoms with Gasteiger partial charge in [-0.25, -0.2) is 0 Å². The Balaban J connectivity index is 1.89. The molecule has 5 heteroatoms. The van der Waals surface area contributed by atoms with Gasteiger partial charge in [-0.2, -0.15) is 0 Å². The molecule has 0 aliphatic heterocycles. The Labute approximate surface area is 151 Å². The molecule has 0 aromatic heterocycles. The molecular weight excluding hydrogens is 370 g/mol. The minimum atomic E-state index is -0.195. The van der Waals surface area contributed by atoms with Gasteiger partial charge in [0, 0.05) is 10.2 Å². The van der Waals surface area contributed by atoms with Gasteiger partial charge in [0.05, 0.1) is 6.61 Å². The quantitative estimate of drug-likeness (QED) is 0.731. The first kappa shape index (κ1) is 18.3. The molecule has 4 nitrogen and oxygen atoms in total. The van der Waals surface area contributed by atoms with Crippen molar-refractivity contribution >= 4 is 27.5 Å². The number of benzene rings is 2. The minimum Gasteiger partial charge on any atom is -0.494 e. The highest BCUT2D eigenvalue weighted by atomic mass is 79.9. The number of aryl methyl sites for hydroxylation is 2. The van der Waals surface area contributed by atoms with Gasteiger partial charge in [0.25, 0.3) is 5.91 Å². The van der Waals surface area contributed by atoms with Crippen molar-refractivity contribution in [1.29, 1.82) is 0 Å². The normalized spacial score (nSPS) is 10.3. The van der Waals surface area contributed by atoms with E-state index in [1.54, 1.807) is 0 Å². The van der Waals surface area contributed by atoms with Crippen LogP contribution in [-0.2, 0) is 4.79 Å². The van der Waals surface area contributed by atoms with E-state index in [-0.39, 0.29) is 12.5 Å². The lowest BCUT2D eigenvalue weighted by Crippen LogP contribution is -2.20. The standard InChI is InChI=1S/C19H22BrNO3/c1-4-9-23-17-7-5-16(6-8-17)21-18(22)12-24-19-13(2)10-15(20)11-14(19)3/h5-8,10-11H,4,9,12H2,1-3H3,(H,21,22). The molecule has 1 amide bonds. The van der Waals surface area contributed by atoms with Crippen LogP contribution in [0.25, 0.3) is 0 Å². The molecule has 0 radical (unpaired) electrons. The van der Waals surface area contributed by atoms with E-state index < -0.39 is 0 Å². The van der Waals surface area contributed by atoms with Crippen molar-refractivity contribution in [2.24, 2.45) is 0 Å². The summed E-state index contributed by atoms with van der Waals surface area (Å²) in [4.78, 5) is 12.1. The topological polar surface area (TPSA) is 47.6 Å². The van der Waals surface area contributed by atoms with Crippen molar-refractivity contribution in [2.75, 3.05) is 18.5 Å². The van der Waals surface area contributed by atoms with E-state index in [2.05, 4.69) is 28.2 Å². The second-order valence-corrected chi connectivity index (χ2v) is 6.49. The van der Waals surface area contributed by atoms with Crippen molar-refractivity contribution in [1.82, 2.24) is 0 Å². The average molecular weight is 392 g/mol. The third kappa shape index (κ3) is 5.27. The summed E-state index contributed by atoms with van der Waals surface area (Å²) in [5.41, 5.74) is 2.70. The van der Waals surface area contributed by atoms with Crippen LogP contribution in [0.1, 0.15) is 24.5 Å². The van der Waals surface area contributed by atoms with E-state index in [9.17, 15) is 4.79 Å². The molecule has 0 fully saturated rings. The van der Waals surface area contributed by atoms with Crippen LogP contribution in [0.5, 0.6) is 11.5 Å². The number of hydrogen-bond acceptors (Lipinski definition) is 3. The first-order valence-electron chi connectivity index (χ1n) is 7.92. The molecule has 0 aliphatic rings. The van der Waals surface area contributed by atoms with E-state index in [1.807, 2.05) is 50.2 Å². The number of halogens is 1. The van der Waals surface area contributed by atoms with Crippen molar-refractivity contribution in [2.45, 2.75) is 27.2 Å². The lowest BCUT2D eigenvalue weighted by molar-refractivity contribution is -0.118. The molecular formula is C19H22BrNO3. The molecule has 0 saturated heterocycles. The summed E-state index contributed by atoms with van der Waals surface area (Å²) in [5, 5.41) is 2.82. The number of hydrogen-bond donors (Lipinski definition) is 1. The van der Waals surface area contributed by atoms with Gasteiger partial charge in [-0.1, -0.05) is 22.9 Å². The number of amides is 1. The maximum Gasteiger partial charge on any atom is 0.262 e. The summed E-state index contributed by atoms with van der Waals surface area (Å²) in [5.74, 6) is 1.35. The van der Waals surface area contributed by atoms with Crippen LogP contribution in [0.4, 0.5) is 5.69 Å². The molecule has 0 heterocycles. The summed E-state index contributed by atoms with van der Waals surface area (Å²) < 4.78 is 12.2. The first-order chi connectivity index (χ1) is 11.5. The first-order valence-corrected chi connectivity index (χ1v) is 8.71. The predicted molar refractivity (Wildman–Crippen MR) is 100.0 cm³/mol. The Morgan fingerprint density at radius 1 is 1.08 bits per heavy atom. The zero-order valence-electron chi connectivity index (χ0n) is 14.2. The molecule has 0 aliphatic carbocycles. The Bertz CT molecular complexity index is 675. The summed E-state index contributed by atoms with van der Waals surface area (Å²) in [6.07, 6.45) is 0.963. The Morgan fingerprint density at radius 2 is 1.71 bits per heavy atom. The maximum atomic E-state index is 12.1. The van der Waals surface area contributed by atoms with Crippen LogP contribution >= 0.6 is 15.9 Å². The fourth-order valence-corrected chi connectivity index (χ4v) is 3.00. The molecule has 2 aromatic carbocycles. The number of rotatable bonds is 7. The van der Waals surface area contributed by atoms with Gasteiger partial charge < -0.3 is 14.8 Å². The molecule has 24 heavy (non-hydrogen) atoms. The van der Waals surface area contributed by atoms with Gasteiger partial charge in [0.15, 0.2) is 6.61 Å². The molecule has 0 saturated carbocycles. The summed E-state index contributed by atoms with van der Waals surface area (Å²) >= 11 is 3.45. The molecule has 0 spiro atoms. The van der Waals surface area contributed by atoms with Gasteiger partial charge in [-0.15, -0.1) is 0 Å². The summed E-state index contributed by atoms with van der Waals surface area (Å²) in [7, 11) is 0. The molecule has 0 atom stereocenters. The van der Waals surface area contributed by atoms with Crippen LogP contribution in [0.15, 0.2) is 40.9 Å². The molecule has 128 valence electrons. The van der Waals surface area contributed by atoms with Crippen LogP contribution in [-0.4, -0.2) is 19.1 Å². The van der Waals surface area contributed by atoms with Crippen LogP contribution < -0.4 is 14.8 Å². The lowest BCUT2D eigenvalue weighted by Gasteiger charge is -2.13. The van der Waals surface area contributed by atoms with E-state index >= 15 is 0 Å². The van der Waals surface area contributed by atoms with Crippen LogP contribution in [0.3, 0.4) is 0 Å². The van der Waals surface area contributed by atoms with Gasteiger partial charge in [-0.3, -0.25) is 4.79 Å². The second-order valence-electron chi connectivity index (χ2n) is 5.58. The fraction of sp³-hybridized carbons (Fsp3) is 0.316. The summed E-state index contributed by atoms with van der Waals surface area (Å²) in [6.45, 7) is 6.63. The number of anilines is 1. The van der Waals surface area contributed by atoms with E-state index in [4.69, 9.17) is 9.47 Å². The average Bonchev–Trinajstić information content (AvgIpc) is 2.53. The predicted octanol–water partition coefficient (Wildman–Crippen LogP) is 4.87. The van der Waals surface area contributed by atoms with Crippen molar-refractivity contribution in [3.63, 3.8) is 0 Å².